The van der Waals surface area contributed by atoms with E-state index in [0.29, 0.717) is 18.2 Å². The average Bonchev–Trinajstić information content (AvgIpc) is 3.11. The fourth-order valence-corrected chi connectivity index (χ4v) is 4.82. The zero-order valence-electron chi connectivity index (χ0n) is 18.5. The van der Waals surface area contributed by atoms with Gasteiger partial charge in [0.15, 0.2) is 0 Å². The smallest absolute Gasteiger partial charge is 0.253 e. The molecule has 2 aliphatic rings. The first-order valence-electron chi connectivity index (χ1n) is 11.4. The lowest BCUT2D eigenvalue weighted by molar-refractivity contribution is 0.0659. The van der Waals surface area contributed by atoms with Crippen molar-refractivity contribution in [3.8, 4) is 0 Å². The number of anilines is 1. The Balaban J connectivity index is 1.61. The summed E-state index contributed by atoms with van der Waals surface area (Å²) in [5, 5.41) is 10.1. The highest BCUT2D eigenvalue weighted by atomic mass is 16.3. The second-order valence-electron chi connectivity index (χ2n) is 8.96. The van der Waals surface area contributed by atoms with Gasteiger partial charge < -0.3 is 24.4 Å². The Morgan fingerprint density at radius 2 is 2.00 bits per heavy atom. The Labute approximate surface area is 179 Å². The number of carbonyl (C=O) groups excluding carboxylic acids is 1. The Bertz CT molecular complexity index is 887. The summed E-state index contributed by atoms with van der Waals surface area (Å²) in [5.41, 5.74) is 2.63. The Hall–Kier alpha value is -2.12. The van der Waals surface area contributed by atoms with Gasteiger partial charge in [-0.25, -0.2) is 4.98 Å². The highest BCUT2D eigenvalue weighted by Gasteiger charge is 2.26. The van der Waals surface area contributed by atoms with Crippen LogP contribution in [-0.4, -0.2) is 82.8 Å². The number of imidazole rings is 1. The zero-order chi connectivity index (χ0) is 21.3. The highest BCUT2D eigenvalue weighted by Crippen LogP contribution is 2.27. The van der Waals surface area contributed by atoms with Crippen molar-refractivity contribution < 1.29 is 9.90 Å². The molecule has 1 aromatic heterocycles. The number of carbonyl (C=O) groups is 1. The third-order valence-electron chi connectivity index (χ3n) is 6.66. The summed E-state index contributed by atoms with van der Waals surface area (Å²) in [5.74, 6) is 0.991. The molecule has 0 aliphatic carbocycles. The average molecular weight is 414 g/mol. The van der Waals surface area contributed by atoms with Crippen LogP contribution in [0, 0.1) is 0 Å². The largest absolute Gasteiger partial charge is 0.391 e. The lowest BCUT2D eigenvalue weighted by Crippen LogP contribution is -2.44. The number of hydrogen-bond acceptors (Lipinski definition) is 5. The second-order valence-corrected chi connectivity index (χ2v) is 8.96. The van der Waals surface area contributed by atoms with E-state index < -0.39 is 0 Å². The van der Waals surface area contributed by atoms with E-state index in [1.807, 2.05) is 30.1 Å². The molecule has 2 aromatic rings. The minimum absolute atomic E-state index is 0.0754. The summed E-state index contributed by atoms with van der Waals surface area (Å²) >= 11 is 0. The van der Waals surface area contributed by atoms with Crippen molar-refractivity contribution >= 4 is 22.9 Å². The van der Waals surface area contributed by atoms with Crippen LogP contribution in [-0.2, 0) is 6.54 Å². The van der Waals surface area contributed by atoms with Crippen LogP contribution in [0.15, 0.2) is 18.2 Å². The van der Waals surface area contributed by atoms with Crippen molar-refractivity contribution in [1.82, 2.24) is 19.4 Å². The normalized spacial score (nSPS) is 21.3. The van der Waals surface area contributed by atoms with Gasteiger partial charge in [-0.15, -0.1) is 0 Å². The number of nitrogens with zero attached hydrogens (tertiary/aromatic N) is 5. The van der Waals surface area contributed by atoms with Gasteiger partial charge in [-0.2, -0.15) is 0 Å². The number of aryl methyl sites for hydroxylation is 1. The van der Waals surface area contributed by atoms with Crippen molar-refractivity contribution in [3.05, 3.63) is 23.8 Å². The number of likely N-dealkylation sites (tertiary alicyclic amines) is 1. The van der Waals surface area contributed by atoms with Crippen LogP contribution in [0.3, 0.4) is 0 Å². The first-order valence-corrected chi connectivity index (χ1v) is 11.4. The van der Waals surface area contributed by atoms with Crippen molar-refractivity contribution in [2.75, 3.05) is 45.2 Å². The van der Waals surface area contributed by atoms with E-state index in [9.17, 15) is 9.90 Å². The first-order chi connectivity index (χ1) is 14.5. The van der Waals surface area contributed by atoms with Gasteiger partial charge in [0.25, 0.3) is 5.91 Å². The molecule has 4 rings (SSSR count). The maximum atomic E-state index is 13.2. The molecule has 0 spiro atoms. The minimum Gasteiger partial charge on any atom is -0.391 e. The SMILES string of the molecule is CCCn1c(N2CCCC(O)C2)nc2cc(C(=O)N(C)C3CCN(C)CC3)ccc21. The van der Waals surface area contributed by atoms with E-state index in [4.69, 9.17) is 4.98 Å². The van der Waals surface area contributed by atoms with Crippen LogP contribution in [0.25, 0.3) is 11.0 Å². The van der Waals surface area contributed by atoms with Crippen molar-refractivity contribution in [2.45, 2.75) is 57.7 Å². The quantitative estimate of drug-likeness (QED) is 0.816. The van der Waals surface area contributed by atoms with E-state index in [0.717, 1.165) is 75.3 Å². The summed E-state index contributed by atoms with van der Waals surface area (Å²) in [6.45, 7) is 6.64. The van der Waals surface area contributed by atoms with E-state index in [1.165, 1.54) is 0 Å². The monoisotopic (exact) mass is 413 g/mol. The van der Waals surface area contributed by atoms with Gasteiger partial charge in [0.05, 0.1) is 17.1 Å². The minimum atomic E-state index is -0.297. The molecule has 7 heteroatoms. The van der Waals surface area contributed by atoms with Crippen LogP contribution in [0.4, 0.5) is 5.95 Å². The highest BCUT2D eigenvalue weighted by molar-refractivity contribution is 5.97. The first kappa shape index (κ1) is 21.1. The van der Waals surface area contributed by atoms with Crippen molar-refractivity contribution in [2.24, 2.45) is 0 Å². The molecule has 7 nitrogen and oxygen atoms in total. The summed E-state index contributed by atoms with van der Waals surface area (Å²) in [4.78, 5) is 24.5. The van der Waals surface area contributed by atoms with Gasteiger partial charge in [0.2, 0.25) is 5.95 Å². The van der Waals surface area contributed by atoms with Crippen LogP contribution < -0.4 is 4.90 Å². The number of aliphatic hydroxyl groups is 1. The van der Waals surface area contributed by atoms with E-state index >= 15 is 0 Å². The van der Waals surface area contributed by atoms with E-state index in [2.05, 4.69) is 28.3 Å². The fourth-order valence-electron chi connectivity index (χ4n) is 4.82. The number of fused-ring (bicyclic) bond motifs is 1. The standard InChI is InChI=1S/C23H35N5O2/c1-4-11-28-21-8-7-17(22(30)26(3)18-9-13-25(2)14-10-18)15-20(21)24-23(28)27-12-5-6-19(29)16-27/h7-8,15,18-19,29H,4-6,9-14,16H2,1-3H3. The molecule has 30 heavy (non-hydrogen) atoms. The van der Waals surface area contributed by atoms with Gasteiger partial charge >= 0.3 is 0 Å². The number of rotatable bonds is 5. The number of aromatic nitrogens is 2. The van der Waals surface area contributed by atoms with Gasteiger partial charge in [-0.1, -0.05) is 6.92 Å². The number of hydrogen-bond donors (Lipinski definition) is 1. The summed E-state index contributed by atoms with van der Waals surface area (Å²) < 4.78 is 2.24. The molecule has 2 fully saturated rings. The van der Waals surface area contributed by atoms with E-state index in [-0.39, 0.29) is 12.0 Å². The molecule has 1 unspecified atom stereocenters. The van der Waals surface area contributed by atoms with Crippen LogP contribution >= 0.6 is 0 Å². The molecule has 2 saturated heterocycles. The number of amides is 1. The summed E-state index contributed by atoms with van der Waals surface area (Å²) in [7, 11) is 4.07. The molecular formula is C23H35N5O2. The fraction of sp³-hybridized carbons (Fsp3) is 0.652. The third-order valence-corrected chi connectivity index (χ3v) is 6.66. The predicted octanol–water partition coefficient (Wildman–Crippen LogP) is 2.57. The zero-order valence-corrected chi connectivity index (χ0v) is 18.5. The molecule has 2 aliphatic heterocycles. The number of aliphatic hydroxyl groups excluding tert-OH is 1. The maximum Gasteiger partial charge on any atom is 0.253 e. The Morgan fingerprint density at radius 1 is 1.23 bits per heavy atom. The summed E-state index contributed by atoms with van der Waals surface area (Å²) in [6.07, 6.45) is 4.58. The third kappa shape index (κ3) is 4.18. The van der Waals surface area contributed by atoms with E-state index in [1.54, 1.807) is 0 Å². The van der Waals surface area contributed by atoms with Gasteiger partial charge in [0, 0.05) is 38.3 Å². The maximum absolute atomic E-state index is 13.2. The molecular weight excluding hydrogens is 378 g/mol. The lowest BCUT2D eigenvalue weighted by Gasteiger charge is -2.35. The van der Waals surface area contributed by atoms with Gasteiger partial charge in [-0.3, -0.25) is 4.79 Å². The summed E-state index contributed by atoms with van der Waals surface area (Å²) in [6, 6.07) is 6.22. The molecule has 3 heterocycles. The van der Waals surface area contributed by atoms with Crippen molar-refractivity contribution in [3.63, 3.8) is 0 Å². The lowest BCUT2D eigenvalue weighted by atomic mass is 10.0. The Morgan fingerprint density at radius 3 is 2.70 bits per heavy atom. The molecule has 0 radical (unpaired) electrons. The molecule has 1 amide bonds. The second kappa shape index (κ2) is 8.94. The topological polar surface area (TPSA) is 64.8 Å². The molecule has 0 saturated carbocycles. The van der Waals surface area contributed by atoms with Crippen LogP contribution in [0.1, 0.15) is 49.4 Å². The Kier molecular flexibility index (Phi) is 6.29. The van der Waals surface area contributed by atoms with Crippen molar-refractivity contribution in [1.29, 1.82) is 0 Å². The number of piperidine rings is 2. The molecule has 1 aromatic carbocycles. The predicted molar refractivity (Wildman–Crippen MR) is 120 cm³/mol. The van der Waals surface area contributed by atoms with Crippen LogP contribution in [0.5, 0.6) is 0 Å². The van der Waals surface area contributed by atoms with Gasteiger partial charge in [-0.05, 0) is 70.4 Å². The molecule has 1 N–H and O–H groups in total. The number of β-amino-alcohol motifs (C(OH)–C–C–N with tert-alkyl or cyclic N) is 1. The molecule has 0 bridgehead atoms. The molecule has 1 atom stereocenters. The molecule has 164 valence electrons. The number of benzene rings is 1. The van der Waals surface area contributed by atoms with Crippen LogP contribution in [0.2, 0.25) is 0 Å². The van der Waals surface area contributed by atoms with Gasteiger partial charge in [0.1, 0.15) is 0 Å².